The first-order valence-electron chi connectivity index (χ1n) is 7.45. The Kier molecular flexibility index (Phi) is 5.16. The van der Waals surface area contributed by atoms with Crippen molar-refractivity contribution in [1.82, 2.24) is 5.32 Å². The molecule has 1 amide bonds. The predicted molar refractivity (Wildman–Crippen MR) is 96.2 cm³/mol. The summed E-state index contributed by atoms with van der Waals surface area (Å²) < 4.78 is 29.8. The van der Waals surface area contributed by atoms with Crippen LogP contribution in [-0.4, -0.2) is 14.3 Å². The normalized spacial score (nSPS) is 11.0. The first kappa shape index (κ1) is 17.2. The van der Waals surface area contributed by atoms with Crippen LogP contribution in [0.1, 0.15) is 15.9 Å². The highest BCUT2D eigenvalue weighted by Gasteiger charge is 2.21. The molecule has 0 radical (unpaired) electrons. The largest absolute Gasteiger partial charge is 0.378 e. The van der Waals surface area contributed by atoms with Gasteiger partial charge in [-0.25, -0.2) is 0 Å². The van der Waals surface area contributed by atoms with Gasteiger partial charge in [0.1, 0.15) is 0 Å². The third-order valence-corrected chi connectivity index (χ3v) is 5.96. The number of thiophene rings is 1. The van der Waals surface area contributed by atoms with E-state index in [1.54, 1.807) is 23.6 Å². The molecule has 5 nitrogen and oxygen atoms in total. The summed E-state index contributed by atoms with van der Waals surface area (Å²) in [5.74, 6) is -0.401. The third-order valence-electron chi connectivity index (χ3n) is 3.37. The molecule has 0 spiro atoms. The zero-order valence-electron chi connectivity index (χ0n) is 13.1. The molecule has 0 atom stereocenters. The van der Waals surface area contributed by atoms with Crippen LogP contribution >= 0.6 is 11.3 Å². The van der Waals surface area contributed by atoms with Crippen LogP contribution in [0.4, 0.5) is 0 Å². The lowest BCUT2D eigenvalue weighted by Crippen LogP contribution is -2.24. The molecule has 1 N–H and O–H groups in total. The Morgan fingerprint density at radius 2 is 1.68 bits per heavy atom. The number of hydrogen-bond acceptors (Lipinski definition) is 5. The molecule has 7 heteroatoms. The number of rotatable bonds is 6. The Bertz CT molecular complexity index is 952. The molecular weight excluding hydrogens is 358 g/mol. The van der Waals surface area contributed by atoms with E-state index in [0.717, 1.165) is 16.9 Å². The molecule has 0 saturated carbocycles. The Labute approximate surface area is 150 Å². The second-order valence-corrected chi connectivity index (χ2v) is 7.85. The summed E-state index contributed by atoms with van der Waals surface area (Å²) in [6.45, 7) is 0.339. The van der Waals surface area contributed by atoms with Crippen molar-refractivity contribution in [3.05, 3.63) is 83.2 Å². The van der Waals surface area contributed by atoms with Crippen molar-refractivity contribution in [3.63, 3.8) is 0 Å². The summed E-state index contributed by atoms with van der Waals surface area (Å²) in [7, 11) is -3.95. The molecule has 0 aliphatic rings. The van der Waals surface area contributed by atoms with Crippen LogP contribution in [0.5, 0.6) is 5.75 Å². The summed E-state index contributed by atoms with van der Waals surface area (Å²) in [6, 6.07) is 18.8. The van der Waals surface area contributed by atoms with Crippen LogP contribution in [0.2, 0.25) is 0 Å². The highest BCUT2D eigenvalue weighted by molar-refractivity contribution is 7.89. The second-order valence-electron chi connectivity index (χ2n) is 5.13. The Hall–Kier alpha value is -2.64. The van der Waals surface area contributed by atoms with E-state index in [0.29, 0.717) is 6.54 Å². The first-order chi connectivity index (χ1) is 12.1. The molecule has 3 rings (SSSR count). The van der Waals surface area contributed by atoms with E-state index >= 15 is 0 Å². The van der Waals surface area contributed by atoms with Gasteiger partial charge in [0.2, 0.25) is 0 Å². The average Bonchev–Trinajstić information content (AvgIpc) is 3.16. The highest BCUT2D eigenvalue weighted by Crippen LogP contribution is 2.25. The van der Waals surface area contributed by atoms with Gasteiger partial charge in [-0.15, -0.1) is 11.3 Å². The van der Waals surface area contributed by atoms with E-state index in [-0.39, 0.29) is 15.5 Å². The third kappa shape index (κ3) is 4.26. The maximum absolute atomic E-state index is 12.4. The van der Waals surface area contributed by atoms with Crippen LogP contribution in [0.3, 0.4) is 0 Å². The lowest BCUT2D eigenvalue weighted by molar-refractivity contribution is 0.0949. The van der Waals surface area contributed by atoms with Gasteiger partial charge in [0.25, 0.3) is 5.91 Å². The smallest absolute Gasteiger partial charge is 0.348 e. The van der Waals surface area contributed by atoms with Crippen LogP contribution in [0.15, 0.2) is 76.3 Å². The van der Waals surface area contributed by atoms with E-state index in [2.05, 4.69) is 5.32 Å². The number of amides is 1. The summed E-state index contributed by atoms with van der Waals surface area (Å²) in [6.07, 6.45) is 0. The molecule has 0 aliphatic heterocycles. The number of para-hydroxylation sites is 1. The minimum absolute atomic E-state index is 0.00135. The van der Waals surface area contributed by atoms with Crippen molar-refractivity contribution in [1.29, 1.82) is 0 Å². The molecule has 0 fully saturated rings. The minimum atomic E-state index is -3.95. The molecule has 25 heavy (non-hydrogen) atoms. The van der Waals surface area contributed by atoms with Gasteiger partial charge in [0, 0.05) is 6.54 Å². The lowest BCUT2D eigenvalue weighted by atomic mass is 10.1. The predicted octanol–water partition coefficient (Wildman–Crippen LogP) is 3.45. The molecule has 0 bridgehead atoms. The number of benzene rings is 2. The fraction of sp³-hybridized carbons (Fsp3) is 0.0556. The van der Waals surface area contributed by atoms with Crippen LogP contribution in [0.25, 0.3) is 0 Å². The maximum Gasteiger partial charge on any atom is 0.348 e. The van der Waals surface area contributed by atoms with Crippen molar-refractivity contribution in [3.8, 4) is 5.75 Å². The zero-order chi connectivity index (χ0) is 17.7. The molecule has 3 aromatic rings. The maximum atomic E-state index is 12.4. The number of hydrogen-bond donors (Lipinski definition) is 1. The number of carbonyl (C=O) groups excluding carboxylic acids is 1. The van der Waals surface area contributed by atoms with Crippen molar-refractivity contribution in [2.75, 3.05) is 0 Å². The first-order valence-corrected chi connectivity index (χ1v) is 9.74. The Morgan fingerprint density at radius 1 is 0.960 bits per heavy atom. The summed E-state index contributed by atoms with van der Waals surface area (Å²) in [5.41, 5.74) is 1.11. The zero-order valence-corrected chi connectivity index (χ0v) is 14.7. The van der Waals surface area contributed by atoms with Crippen LogP contribution in [-0.2, 0) is 16.7 Å². The fourth-order valence-corrected chi connectivity index (χ4v) is 4.06. The standard InChI is InChI=1S/C18H15NO4S2/c20-18(19-13-14-7-2-1-3-8-14)15-9-4-5-10-16(15)23-25(21,22)17-11-6-12-24-17/h1-12H,13H2,(H,19,20). The molecular formula is C18H15NO4S2. The van der Waals surface area contributed by atoms with Gasteiger partial charge in [0.05, 0.1) is 5.56 Å². The molecule has 128 valence electrons. The van der Waals surface area contributed by atoms with Crippen LogP contribution < -0.4 is 9.50 Å². The molecule has 0 unspecified atom stereocenters. The highest BCUT2D eigenvalue weighted by atomic mass is 32.3. The van der Waals surface area contributed by atoms with E-state index in [4.69, 9.17) is 4.18 Å². The number of nitrogens with one attached hydrogen (secondary N) is 1. The lowest BCUT2D eigenvalue weighted by Gasteiger charge is -2.11. The monoisotopic (exact) mass is 373 g/mol. The quantitative estimate of drug-likeness (QED) is 0.672. The Morgan fingerprint density at radius 3 is 2.40 bits per heavy atom. The molecule has 2 aromatic carbocycles. The van der Waals surface area contributed by atoms with Gasteiger partial charge in [0.15, 0.2) is 9.96 Å². The van der Waals surface area contributed by atoms with Gasteiger partial charge >= 0.3 is 10.1 Å². The van der Waals surface area contributed by atoms with E-state index < -0.39 is 16.0 Å². The minimum Gasteiger partial charge on any atom is -0.378 e. The number of carbonyl (C=O) groups is 1. The van der Waals surface area contributed by atoms with Crippen molar-refractivity contribution in [2.24, 2.45) is 0 Å². The van der Waals surface area contributed by atoms with E-state index in [9.17, 15) is 13.2 Å². The Balaban J connectivity index is 1.78. The van der Waals surface area contributed by atoms with Gasteiger partial charge < -0.3 is 9.50 Å². The average molecular weight is 373 g/mol. The van der Waals surface area contributed by atoms with Crippen molar-refractivity contribution >= 4 is 27.4 Å². The molecule has 0 aliphatic carbocycles. The summed E-state index contributed by atoms with van der Waals surface area (Å²) >= 11 is 1.06. The summed E-state index contributed by atoms with van der Waals surface area (Å²) in [4.78, 5) is 12.4. The fourth-order valence-electron chi connectivity index (χ4n) is 2.17. The van der Waals surface area contributed by atoms with Gasteiger partial charge in [-0.2, -0.15) is 8.42 Å². The topological polar surface area (TPSA) is 72.5 Å². The molecule has 0 saturated heterocycles. The molecule has 1 aromatic heterocycles. The van der Waals surface area contributed by atoms with E-state index in [1.807, 2.05) is 30.3 Å². The van der Waals surface area contributed by atoms with E-state index in [1.165, 1.54) is 18.2 Å². The van der Waals surface area contributed by atoms with Crippen LogP contribution in [0, 0.1) is 0 Å². The van der Waals surface area contributed by atoms with Gasteiger partial charge in [-0.3, -0.25) is 4.79 Å². The SMILES string of the molecule is O=C(NCc1ccccc1)c1ccccc1OS(=O)(=O)c1cccs1. The second kappa shape index (κ2) is 7.50. The summed E-state index contributed by atoms with van der Waals surface area (Å²) in [5, 5.41) is 4.41. The van der Waals surface area contributed by atoms with Gasteiger partial charge in [-0.05, 0) is 29.1 Å². The van der Waals surface area contributed by atoms with Gasteiger partial charge in [-0.1, -0.05) is 48.5 Å². The van der Waals surface area contributed by atoms with Crippen molar-refractivity contribution in [2.45, 2.75) is 10.8 Å². The molecule has 1 heterocycles. The van der Waals surface area contributed by atoms with Crippen molar-refractivity contribution < 1.29 is 17.4 Å².